The fraction of sp³-hybridized carbons (Fsp3) is 0.474. The van der Waals surface area contributed by atoms with E-state index in [1.54, 1.807) is 0 Å². The molecule has 0 aromatic heterocycles. The number of hydrogen-bond acceptors (Lipinski definition) is 5. The third-order valence-corrected chi connectivity index (χ3v) is 5.42. The number of carbonyl (C=O) groups is 2. The molecule has 5 nitrogen and oxygen atoms in total. The van der Waals surface area contributed by atoms with E-state index in [2.05, 4.69) is 26.3 Å². The van der Waals surface area contributed by atoms with Crippen molar-refractivity contribution in [2.45, 2.75) is 31.5 Å². The van der Waals surface area contributed by atoms with Gasteiger partial charge in [0.05, 0.1) is 18.1 Å². The van der Waals surface area contributed by atoms with E-state index in [-0.39, 0.29) is 17.4 Å². The van der Waals surface area contributed by atoms with E-state index in [1.807, 2.05) is 0 Å². The summed E-state index contributed by atoms with van der Waals surface area (Å²) in [6, 6.07) is 0. The fourth-order valence-electron chi connectivity index (χ4n) is 4.17. The molecule has 1 heterocycles. The number of aliphatic hydroxyl groups is 1. The maximum Gasteiger partial charge on any atom is 0.336 e. The largest absolute Gasteiger partial charge is 0.458 e. The molecule has 24 heavy (non-hydrogen) atoms. The molecular formula is C19H22O5. The number of rotatable bonds is 3. The second kappa shape index (κ2) is 6.06. The van der Waals surface area contributed by atoms with Crippen LogP contribution in [0.25, 0.3) is 0 Å². The predicted molar refractivity (Wildman–Crippen MR) is 87.7 cm³/mol. The first-order valence-electron chi connectivity index (χ1n) is 8.09. The van der Waals surface area contributed by atoms with Crippen molar-refractivity contribution in [1.82, 2.24) is 0 Å². The van der Waals surface area contributed by atoms with Crippen molar-refractivity contribution in [2.75, 3.05) is 6.61 Å². The van der Waals surface area contributed by atoms with Gasteiger partial charge in [0.2, 0.25) is 0 Å². The summed E-state index contributed by atoms with van der Waals surface area (Å²) in [4.78, 5) is 24.1. The Bertz CT molecular complexity index is 659. The summed E-state index contributed by atoms with van der Waals surface area (Å²) in [5.41, 5.74) is 2.32. The molecule has 5 heteroatoms. The second-order valence-electron chi connectivity index (χ2n) is 6.82. The van der Waals surface area contributed by atoms with E-state index < -0.39 is 36.7 Å². The summed E-state index contributed by atoms with van der Waals surface area (Å²) in [6.07, 6.45) is 1.21. The molecule has 5 atom stereocenters. The Kier molecular flexibility index (Phi) is 4.22. The Morgan fingerprint density at radius 3 is 2.62 bits per heavy atom. The second-order valence-corrected chi connectivity index (χ2v) is 6.82. The van der Waals surface area contributed by atoms with Crippen LogP contribution in [0, 0.1) is 17.8 Å². The van der Waals surface area contributed by atoms with Gasteiger partial charge in [-0.1, -0.05) is 37.5 Å². The number of aliphatic hydroxyl groups excluding tert-OH is 1. The van der Waals surface area contributed by atoms with E-state index in [1.165, 1.54) is 0 Å². The molecule has 0 radical (unpaired) electrons. The minimum Gasteiger partial charge on any atom is -0.458 e. The maximum atomic E-state index is 12.1. The molecule has 2 saturated carbocycles. The zero-order valence-electron chi connectivity index (χ0n) is 13.6. The molecule has 0 aromatic rings. The lowest BCUT2D eigenvalue weighted by Gasteiger charge is -2.28. The molecule has 0 bridgehead atoms. The lowest BCUT2D eigenvalue weighted by Crippen LogP contribution is -2.36. The van der Waals surface area contributed by atoms with Crippen LogP contribution in [0.2, 0.25) is 0 Å². The topological polar surface area (TPSA) is 72.8 Å². The zero-order valence-corrected chi connectivity index (χ0v) is 13.6. The molecular weight excluding hydrogens is 308 g/mol. The molecule has 2 aliphatic carbocycles. The Hall–Kier alpha value is -2.14. The highest BCUT2D eigenvalue weighted by molar-refractivity contribution is 5.92. The summed E-state index contributed by atoms with van der Waals surface area (Å²) >= 11 is 0. The van der Waals surface area contributed by atoms with E-state index in [4.69, 9.17) is 14.6 Å². The highest BCUT2D eigenvalue weighted by Gasteiger charge is 2.55. The normalized spacial score (nSPS) is 35.1. The molecule has 128 valence electrons. The monoisotopic (exact) mass is 330 g/mol. The number of esters is 2. The van der Waals surface area contributed by atoms with Crippen molar-refractivity contribution < 1.29 is 24.2 Å². The number of hydrogen-bond donors (Lipinski definition) is 1. The van der Waals surface area contributed by atoms with Crippen LogP contribution < -0.4 is 0 Å². The van der Waals surface area contributed by atoms with Gasteiger partial charge in [-0.05, 0) is 18.8 Å². The van der Waals surface area contributed by atoms with Gasteiger partial charge in [0.1, 0.15) is 12.2 Å². The Morgan fingerprint density at radius 2 is 1.96 bits per heavy atom. The predicted octanol–water partition coefficient (Wildman–Crippen LogP) is 2.09. The molecule has 3 aliphatic rings. The van der Waals surface area contributed by atoms with Crippen molar-refractivity contribution in [3.63, 3.8) is 0 Å². The lowest BCUT2D eigenvalue weighted by molar-refractivity contribution is -0.148. The summed E-state index contributed by atoms with van der Waals surface area (Å²) < 4.78 is 11.1. The number of ether oxygens (including phenoxy) is 2. The third kappa shape index (κ3) is 2.53. The molecule has 3 fully saturated rings. The first-order valence-corrected chi connectivity index (χ1v) is 8.09. The molecule has 3 rings (SSSR count). The van der Waals surface area contributed by atoms with Gasteiger partial charge in [0.25, 0.3) is 0 Å². The molecule has 1 N–H and O–H groups in total. The van der Waals surface area contributed by atoms with Gasteiger partial charge < -0.3 is 14.6 Å². The fourth-order valence-corrected chi connectivity index (χ4v) is 4.17. The number of carbonyl (C=O) groups excluding carboxylic acids is 2. The highest BCUT2D eigenvalue weighted by atomic mass is 16.6. The van der Waals surface area contributed by atoms with Gasteiger partial charge in [-0.2, -0.15) is 0 Å². The first-order chi connectivity index (χ1) is 11.3. The molecule has 5 unspecified atom stereocenters. The lowest BCUT2D eigenvalue weighted by atomic mass is 9.81. The third-order valence-electron chi connectivity index (χ3n) is 5.42. The number of fused-ring (bicyclic) bond motifs is 3. The highest BCUT2D eigenvalue weighted by Crippen LogP contribution is 2.52. The summed E-state index contributed by atoms with van der Waals surface area (Å²) in [5, 5.41) is 9.06. The van der Waals surface area contributed by atoms with Gasteiger partial charge in [0.15, 0.2) is 0 Å². The minimum absolute atomic E-state index is 0.00422. The molecule has 0 aromatic carbocycles. The van der Waals surface area contributed by atoms with Crippen LogP contribution in [-0.2, 0) is 19.1 Å². The van der Waals surface area contributed by atoms with Gasteiger partial charge in [-0.3, -0.25) is 0 Å². The van der Waals surface area contributed by atoms with Crippen LogP contribution in [0.15, 0.2) is 48.6 Å². The van der Waals surface area contributed by atoms with E-state index in [0.29, 0.717) is 12.0 Å². The Morgan fingerprint density at radius 1 is 1.25 bits per heavy atom. The van der Waals surface area contributed by atoms with E-state index >= 15 is 0 Å². The smallest absolute Gasteiger partial charge is 0.336 e. The molecule has 1 saturated heterocycles. The zero-order chi connectivity index (χ0) is 17.6. The Labute approximate surface area is 141 Å². The van der Waals surface area contributed by atoms with Crippen molar-refractivity contribution in [2.24, 2.45) is 17.8 Å². The van der Waals surface area contributed by atoms with E-state index in [9.17, 15) is 9.59 Å². The van der Waals surface area contributed by atoms with Crippen LogP contribution in [0.1, 0.15) is 19.3 Å². The van der Waals surface area contributed by atoms with Gasteiger partial charge >= 0.3 is 11.9 Å². The first kappa shape index (κ1) is 16.7. The standard InChI is InChI=1S/C19H22O5/c1-9-5-6-13-10(2)7-14(23-18(21)11(3)8-20)16-12(4)19(22)24-17(16)15(9)13/h13-17,20H,1-8H2. The van der Waals surface area contributed by atoms with Crippen LogP contribution in [-0.4, -0.2) is 35.9 Å². The summed E-state index contributed by atoms with van der Waals surface area (Å²) in [6.45, 7) is 15.2. The van der Waals surface area contributed by atoms with Crippen LogP contribution in [0.4, 0.5) is 0 Å². The maximum absolute atomic E-state index is 12.1. The quantitative estimate of drug-likeness (QED) is 0.487. The van der Waals surface area contributed by atoms with Crippen molar-refractivity contribution in [3.05, 3.63) is 48.6 Å². The summed E-state index contributed by atoms with van der Waals surface area (Å²) in [5.74, 6) is -1.37. The average Bonchev–Trinajstić information content (AvgIpc) is 3.02. The van der Waals surface area contributed by atoms with Crippen molar-refractivity contribution >= 4 is 11.9 Å². The van der Waals surface area contributed by atoms with Gasteiger partial charge in [-0.25, -0.2) is 9.59 Å². The van der Waals surface area contributed by atoms with Crippen molar-refractivity contribution in [3.8, 4) is 0 Å². The average molecular weight is 330 g/mol. The van der Waals surface area contributed by atoms with Crippen LogP contribution in [0.5, 0.6) is 0 Å². The van der Waals surface area contributed by atoms with Gasteiger partial charge in [0, 0.05) is 17.9 Å². The van der Waals surface area contributed by atoms with Crippen LogP contribution >= 0.6 is 0 Å². The molecule has 0 amide bonds. The SMILES string of the molecule is C=C(CO)C(=O)OC1CC(=C)C2CCC(=C)C2C2OC(=O)C(=C)C12. The van der Waals surface area contributed by atoms with Crippen molar-refractivity contribution in [1.29, 1.82) is 0 Å². The van der Waals surface area contributed by atoms with E-state index in [0.717, 1.165) is 24.0 Å². The molecule has 0 spiro atoms. The van der Waals surface area contributed by atoms with Crippen LogP contribution in [0.3, 0.4) is 0 Å². The van der Waals surface area contributed by atoms with Gasteiger partial charge in [-0.15, -0.1) is 0 Å². The minimum atomic E-state index is -0.674. The Balaban J connectivity index is 1.95. The summed E-state index contributed by atoms with van der Waals surface area (Å²) in [7, 11) is 0. The molecule has 1 aliphatic heterocycles.